The summed E-state index contributed by atoms with van der Waals surface area (Å²) in [5.41, 5.74) is 5.92. The van der Waals surface area contributed by atoms with Crippen molar-refractivity contribution in [2.24, 2.45) is 11.1 Å². The molecule has 0 aromatic heterocycles. The van der Waals surface area contributed by atoms with E-state index in [0.717, 1.165) is 13.0 Å². The molecule has 2 aliphatic rings. The maximum Gasteiger partial charge on any atom is 0.0911 e. The highest BCUT2D eigenvalue weighted by Crippen LogP contribution is 2.50. The molecule has 1 aliphatic heterocycles. The summed E-state index contributed by atoms with van der Waals surface area (Å²) in [6, 6.07) is 1.43. The van der Waals surface area contributed by atoms with Crippen molar-refractivity contribution in [2.45, 2.75) is 64.5 Å². The summed E-state index contributed by atoms with van der Waals surface area (Å²) >= 11 is 0. The average Bonchev–Trinajstić information content (AvgIpc) is 2.91. The number of rotatable bonds is 4. The van der Waals surface area contributed by atoms with E-state index in [1.165, 1.54) is 32.1 Å². The second kappa shape index (κ2) is 4.36. The zero-order valence-corrected chi connectivity index (χ0v) is 10.6. The molecule has 0 radical (unpaired) electrons. The Hall–Kier alpha value is -0.570. The minimum Gasteiger partial charge on any atom is -0.388 e. The van der Waals surface area contributed by atoms with Crippen LogP contribution in [-0.2, 0) is 0 Å². The van der Waals surface area contributed by atoms with Crippen molar-refractivity contribution in [3.8, 4) is 0 Å². The molecule has 3 N–H and O–H groups in total. The molecule has 0 aromatic carbocycles. The molecule has 1 saturated carbocycles. The zero-order valence-electron chi connectivity index (χ0n) is 10.6. The van der Waals surface area contributed by atoms with E-state index >= 15 is 0 Å². The van der Waals surface area contributed by atoms with Crippen LogP contribution in [0.2, 0.25) is 0 Å². The standard InChI is InChI=1S/C13H25N3/c1-10-4-3-5-11(2)16(10)9-13(6-7-13)8-12(14)15/h10-11H,3-9H2,1-2H3,(H3,14,15)/t10-,11+. The first kappa shape index (κ1) is 11.9. The van der Waals surface area contributed by atoms with Gasteiger partial charge >= 0.3 is 0 Å². The molecule has 1 aliphatic carbocycles. The molecule has 2 atom stereocenters. The van der Waals surface area contributed by atoms with E-state index in [2.05, 4.69) is 18.7 Å². The fourth-order valence-electron chi connectivity index (χ4n) is 3.15. The molecule has 0 spiro atoms. The van der Waals surface area contributed by atoms with Gasteiger partial charge in [0.1, 0.15) is 0 Å². The predicted octanol–water partition coefficient (Wildman–Crippen LogP) is 2.36. The molecular weight excluding hydrogens is 198 g/mol. The van der Waals surface area contributed by atoms with Crippen LogP contribution >= 0.6 is 0 Å². The number of hydrogen-bond donors (Lipinski definition) is 2. The molecule has 3 nitrogen and oxygen atoms in total. The van der Waals surface area contributed by atoms with E-state index in [4.69, 9.17) is 11.1 Å². The van der Waals surface area contributed by atoms with Gasteiger partial charge in [-0.25, -0.2) is 0 Å². The first-order chi connectivity index (χ1) is 7.52. The smallest absolute Gasteiger partial charge is 0.0911 e. The molecular formula is C13H25N3. The largest absolute Gasteiger partial charge is 0.388 e. The highest BCUT2D eigenvalue weighted by molar-refractivity contribution is 5.78. The zero-order chi connectivity index (χ0) is 11.8. The molecule has 1 heterocycles. The summed E-state index contributed by atoms with van der Waals surface area (Å²) in [6.07, 6.45) is 7.38. The minimum absolute atomic E-state index is 0.367. The Morgan fingerprint density at radius 2 is 1.88 bits per heavy atom. The molecule has 3 heteroatoms. The van der Waals surface area contributed by atoms with Crippen molar-refractivity contribution in [1.29, 1.82) is 5.41 Å². The fourth-order valence-corrected chi connectivity index (χ4v) is 3.15. The van der Waals surface area contributed by atoms with Crippen molar-refractivity contribution in [2.75, 3.05) is 6.54 Å². The van der Waals surface area contributed by atoms with E-state index in [0.29, 0.717) is 23.3 Å². The lowest BCUT2D eigenvalue weighted by atomic mass is 9.93. The molecule has 1 saturated heterocycles. The average molecular weight is 223 g/mol. The van der Waals surface area contributed by atoms with Crippen LogP contribution in [0.1, 0.15) is 52.4 Å². The van der Waals surface area contributed by atoms with Crippen LogP contribution in [0.15, 0.2) is 0 Å². The number of nitrogens with one attached hydrogen (secondary N) is 1. The third kappa shape index (κ3) is 2.57. The normalized spacial score (nSPS) is 33.6. The van der Waals surface area contributed by atoms with E-state index in [1.54, 1.807) is 0 Å². The van der Waals surface area contributed by atoms with Gasteiger partial charge in [-0.05, 0) is 44.9 Å². The van der Waals surface area contributed by atoms with Crippen molar-refractivity contribution in [1.82, 2.24) is 4.90 Å². The Balaban J connectivity index is 1.94. The van der Waals surface area contributed by atoms with Crippen LogP contribution in [0, 0.1) is 10.8 Å². The van der Waals surface area contributed by atoms with Gasteiger partial charge in [0, 0.05) is 25.0 Å². The van der Waals surface area contributed by atoms with Crippen LogP contribution in [0.25, 0.3) is 0 Å². The maximum absolute atomic E-state index is 7.47. The Morgan fingerprint density at radius 3 is 2.31 bits per heavy atom. The quantitative estimate of drug-likeness (QED) is 0.568. The van der Waals surface area contributed by atoms with Gasteiger partial charge in [0.2, 0.25) is 0 Å². The van der Waals surface area contributed by atoms with Gasteiger partial charge in [-0.2, -0.15) is 0 Å². The monoisotopic (exact) mass is 223 g/mol. The lowest BCUT2D eigenvalue weighted by Gasteiger charge is -2.41. The van der Waals surface area contributed by atoms with Crippen LogP contribution in [0.5, 0.6) is 0 Å². The van der Waals surface area contributed by atoms with E-state index in [-0.39, 0.29) is 0 Å². The van der Waals surface area contributed by atoms with E-state index in [1.807, 2.05) is 0 Å². The highest BCUT2D eigenvalue weighted by atomic mass is 15.2. The van der Waals surface area contributed by atoms with Crippen molar-refractivity contribution < 1.29 is 0 Å². The van der Waals surface area contributed by atoms with Crippen LogP contribution in [0.4, 0.5) is 0 Å². The first-order valence-corrected chi connectivity index (χ1v) is 6.61. The Labute approximate surface area is 98.9 Å². The molecule has 2 rings (SSSR count). The fraction of sp³-hybridized carbons (Fsp3) is 0.923. The van der Waals surface area contributed by atoms with Crippen molar-refractivity contribution >= 4 is 5.84 Å². The van der Waals surface area contributed by atoms with Crippen LogP contribution < -0.4 is 5.73 Å². The first-order valence-electron chi connectivity index (χ1n) is 6.61. The number of piperidine rings is 1. The number of amidine groups is 1. The Morgan fingerprint density at radius 1 is 1.31 bits per heavy atom. The van der Waals surface area contributed by atoms with Gasteiger partial charge in [-0.3, -0.25) is 10.3 Å². The van der Waals surface area contributed by atoms with E-state index < -0.39 is 0 Å². The third-order valence-electron chi connectivity index (χ3n) is 4.42. The number of nitrogens with zero attached hydrogens (tertiary/aromatic N) is 1. The number of hydrogen-bond acceptors (Lipinski definition) is 2. The van der Waals surface area contributed by atoms with E-state index in [9.17, 15) is 0 Å². The molecule has 2 fully saturated rings. The van der Waals surface area contributed by atoms with Crippen LogP contribution in [-0.4, -0.2) is 29.4 Å². The third-order valence-corrected chi connectivity index (χ3v) is 4.42. The van der Waals surface area contributed by atoms with Gasteiger partial charge in [-0.15, -0.1) is 0 Å². The topological polar surface area (TPSA) is 53.1 Å². The highest BCUT2D eigenvalue weighted by Gasteiger charge is 2.45. The van der Waals surface area contributed by atoms with Gasteiger partial charge in [0.25, 0.3) is 0 Å². The van der Waals surface area contributed by atoms with Crippen LogP contribution in [0.3, 0.4) is 0 Å². The number of likely N-dealkylation sites (tertiary alicyclic amines) is 1. The summed E-state index contributed by atoms with van der Waals surface area (Å²) in [4.78, 5) is 2.65. The SMILES string of the molecule is C[C@@H]1CCC[C@H](C)N1CC1(CC(=N)N)CC1. The molecule has 0 bridgehead atoms. The van der Waals surface area contributed by atoms with Crippen molar-refractivity contribution in [3.05, 3.63) is 0 Å². The Bertz CT molecular complexity index is 260. The Kier molecular flexibility index (Phi) is 3.24. The molecule has 0 amide bonds. The van der Waals surface area contributed by atoms with Gasteiger partial charge in [0.05, 0.1) is 5.84 Å². The molecule has 92 valence electrons. The minimum atomic E-state index is 0.367. The summed E-state index contributed by atoms with van der Waals surface area (Å²) in [5, 5.41) is 7.47. The summed E-state index contributed by atoms with van der Waals surface area (Å²) in [5.74, 6) is 0.370. The predicted molar refractivity (Wildman–Crippen MR) is 67.7 cm³/mol. The summed E-state index contributed by atoms with van der Waals surface area (Å²) in [6.45, 7) is 5.86. The molecule has 16 heavy (non-hydrogen) atoms. The van der Waals surface area contributed by atoms with Crippen molar-refractivity contribution in [3.63, 3.8) is 0 Å². The summed E-state index contributed by atoms with van der Waals surface area (Å²) < 4.78 is 0. The molecule has 0 unspecified atom stereocenters. The lowest BCUT2D eigenvalue weighted by molar-refractivity contribution is 0.0795. The maximum atomic E-state index is 7.47. The molecule has 0 aromatic rings. The summed E-state index contributed by atoms with van der Waals surface area (Å²) in [7, 11) is 0. The number of nitrogens with two attached hydrogens (primary N) is 1. The van der Waals surface area contributed by atoms with Gasteiger partial charge < -0.3 is 5.73 Å². The lowest BCUT2D eigenvalue weighted by Crippen LogP contribution is -2.47. The van der Waals surface area contributed by atoms with Gasteiger partial charge in [-0.1, -0.05) is 6.42 Å². The second-order valence-electron chi connectivity index (χ2n) is 6.00. The second-order valence-corrected chi connectivity index (χ2v) is 6.00. The van der Waals surface area contributed by atoms with Gasteiger partial charge in [0.15, 0.2) is 0 Å².